The van der Waals surface area contributed by atoms with Crippen LogP contribution in [0, 0.1) is 0 Å². The standard InChI is InChI=1S/C22H23F6N3O4S/c1-20(2,3)34-19(32)31-11-9-30(10-12-31)16-13-15(14-7-5-4-6-8-14)17(21(23,24)25)29-18(16)35-36(33)22(26,27)28/h4-8,13H,9-12H2,1-3H3. The van der Waals surface area contributed by atoms with E-state index in [1.165, 1.54) is 34.1 Å². The highest BCUT2D eigenvalue weighted by atomic mass is 32.2. The second kappa shape index (κ2) is 10.1. The summed E-state index contributed by atoms with van der Waals surface area (Å²) in [5.74, 6) is -1.08. The summed E-state index contributed by atoms with van der Waals surface area (Å²) < 4.78 is 102. The number of carbonyl (C=O) groups is 1. The second-order valence-corrected chi connectivity index (χ2v) is 9.89. The molecule has 1 fully saturated rings. The van der Waals surface area contributed by atoms with Crippen LogP contribution in [-0.2, 0) is 22.0 Å². The van der Waals surface area contributed by atoms with Gasteiger partial charge in [0.15, 0.2) is 5.69 Å². The predicted octanol–water partition coefficient (Wildman–Crippen LogP) is 5.39. The van der Waals surface area contributed by atoms with Crippen LogP contribution < -0.4 is 9.08 Å². The molecule has 3 rings (SSSR count). The van der Waals surface area contributed by atoms with Gasteiger partial charge in [0.05, 0.1) is 0 Å². The molecule has 0 N–H and O–H groups in total. The van der Waals surface area contributed by atoms with Gasteiger partial charge in [0.1, 0.15) is 11.3 Å². The van der Waals surface area contributed by atoms with Crippen LogP contribution in [0.2, 0.25) is 0 Å². The molecule has 14 heteroatoms. The number of pyridine rings is 1. The highest BCUT2D eigenvalue weighted by Crippen LogP contribution is 2.42. The molecule has 0 aliphatic carbocycles. The number of carbonyl (C=O) groups excluding carboxylic acids is 1. The normalized spacial score (nSPS) is 16.0. The van der Waals surface area contributed by atoms with Crippen molar-refractivity contribution in [2.75, 3.05) is 31.1 Å². The number of aromatic nitrogens is 1. The predicted molar refractivity (Wildman–Crippen MR) is 120 cm³/mol. The number of alkyl halides is 6. The van der Waals surface area contributed by atoms with Gasteiger partial charge in [-0.2, -0.15) is 26.3 Å². The van der Waals surface area contributed by atoms with Crippen molar-refractivity contribution < 1.29 is 44.3 Å². The third-order valence-corrected chi connectivity index (χ3v) is 5.62. The number of hydrogen-bond donors (Lipinski definition) is 0. The maximum atomic E-state index is 13.8. The number of benzene rings is 1. The van der Waals surface area contributed by atoms with Crippen molar-refractivity contribution in [1.82, 2.24) is 9.88 Å². The molecule has 2 aromatic rings. The number of rotatable bonds is 4. The van der Waals surface area contributed by atoms with Gasteiger partial charge in [-0.3, -0.25) is 0 Å². The molecule has 198 valence electrons. The van der Waals surface area contributed by atoms with Crippen LogP contribution in [0.25, 0.3) is 11.1 Å². The van der Waals surface area contributed by atoms with E-state index in [0.29, 0.717) is 0 Å². The molecule has 1 aromatic carbocycles. The largest absolute Gasteiger partial charge is 0.508 e. The van der Waals surface area contributed by atoms with Crippen LogP contribution >= 0.6 is 0 Å². The Balaban J connectivity index is 2.03. The smallest absolute Gasteiger partial charge is 0.444 e. The highest BCUT2D eigenvalue weighted by molar-refractivity contribution is 7.81. The Kier molecular flexibility index (Phi) is 7.77. The monoisotopic (exact) mass is 539 g/mol. The fraction of sp³-hybridized carbons (Fsp3) is 0.455. The van der Waals surface area contributed by atoms with Gasteiger partial charge in [0, 0.05) is 31.7 Å². The third kappa shape index (κ3) is 6.80. The zero-order chi connectivity index (χ0) is 26.9. The molecule has 1 aliphatic heterocycles. The van der Waals surface area contributed by atoms with E-state index in [1.54, 1.807) is 26.8 Å². The summed E-state index contributed by atoms with van der Waals surface area (Å²) in [4.78, 5) is 18.5. The Morgan fingerprint density at radius 1 is 0.972 bits per heavy atom. The van der Waals surface area contributed by atoms with Gasteiger partial charge in [-0.05, 0) is 32.4 Å². The molecule has 0 bridgehead atoms. The van der Waals surface area contributed by atoms with E-state index in [4.69, 9.17) is 4.74 Å². The molecule has 0 radical (unpaired) electrons. The minimum absolute atomic E-state index is 0.0233. The number of ether oxygens (including phenoxy) is 1. The van der Waals surface area contributed by atoms with E-state index >= 15 is 0 Å². The Morgan fingerprint density at radius 3 is 2.06 bits per heavy atom. The van der Waals surface area contributed by atoms with Gasteiger partial charge >= 0.3 is 28.9 Å². The number of halogens is 6. The first kappa shape index (κ1) is 27.6. The summed E-state index contributed by atoms with van der Waals surface area (Å²) >= 11 is -3.96. The van der Waals surface area contributed by atoms with Crippen LogP contribution in [0.15, 0.2) is 36.4 Å². The van der Waals surface area contributed by atoms with Gasteiger partial charge < -0.3 is 18.7 Å². The average Bonchev–Trinajstić information content (AvgIpc) is 2.77. The Morgan fingerprint density at radius 2 is 1.56 bits per heavy atom. The first-order valence-electron chi connectivity index (χ1n) is 10.6. The summed E-state index contributed by atoms with van der Waals surface area (Å²) in [5, 5.41) is 0. The van der Waals surface area contributed by atoms with E-state index in [0.717, 1.165) is 6.07 Å². The molecule has 2 heterocycles. The minimum atomic E-state index is -5.34. The number of piperazine rings is 1. The van der Waals surface area contributed by atoms with Crippen LogP contribution in [0.5, 0.6) is 5.88 Å². The average molecular weight is 539 g/mol. The van der Waals surface area contributed by atoms with Crippen molar-refractivity contribution in [2.24, 2.45) is 0 Å². The Labute approximate surface area is 205 Å². The minimum Gasteiger partial charge on any atom is -0.444 e. The van der Waals surface area contributed by atoms with Gasteiger partial charge in [0.2, 0.25) is 0 Å². The van der Waals surface area contributed by atoms with Gasteiger partial charge in [0.25, 0.3) is 5.88 Å². The number of anilines is 1. The summed E-state index contributed by atoms with van der Waals surface area (Å²) in [7, 11) is 0. The lowest BCUT2D eigenvalue weighted by atomic mass is 10.0. The Hall–Kier alpha value is -3.03. The lowest BCUT2D eigenvalue weighted by molar-refractivity contribution is -0.140. The van der Waals surface area contributed by atoms with Crippen LogP contribution in [0.3, 0.4) is 0 Å². The topological polar surface area (TPSA) is 72.0 Å². The maximum Gasteiger partial charge on any atom is 0.508 e. The summed E-state index contributed by atoms with van der Waals surface area (Å²) in [6.07, 6.45) is -5.65. The lowest BCUT2D eigenvalue weighted by Crippen LogP contribution is -2.50. The van der Waals surface area contributed by atoms with Crippen molar-refractivity contribution in [3.8, 4) is 17.0 Å². The fourth-order valence-corrected chi connectivity index (χ4v) is 3.76. The molecule has 1 amide bonds. The van der Waals surface area contributed by atoms with Crippen molar-refractivity contribution in [1.29, 1.82) is 0 Å². The van der Waals surface area contributed by atoms with Crippen LogP contribution in [-0.4, -0.2) is 57.5 Å². The van der Waals surface area contributed by atoms with Crippen LogP contribution in [0.1, 0.15) is 26.5 Å². The summed E-state index contributed by atoms with van der Waals surface area (Å²) in [5.41, 5.74) is -8.07. The number of amides is 1. The first-order chi connectivity index (χ1) is 16.6. The molecule has 1 unspecified atom stereocenters. The number of hydrogen-bond acceptors (Lipinski definition) is 6. The molecule has 0 spiro atoms. The molecule has 0 saturated carbocycles. The maximum absolute atomic E-state index is 13.8. The third-order valence-electron chi connectivity index (χ3n) is 4.94. The van der Waals surface area contributed by atoms with E-state index in [9.17, 15) is 35.3 Å². The fourth-order valence-electron chi connectivity index (χ4n) is 3.40. The molecule has 1 aliphatic rings. The van der Waals surface area contributed by atoms with E-state index in [-0.39, 0.29) is 37.4 Å². The molecule has 1 aromatic heterocycles. The van der Waals surface area contributed by atoms with Crippen molar-refractivity contribution in [3.05, 3.63) is 42.1 Å². The number of nitrogens with zero attached hydrogens (tertiary/aromatic N) is 3. The van der Waals surface area contributed by atoms with E-state index < -0.39 is 51.6 Å². The SMILES string of the molecule is CC(C)(C)OC(=O)N1CCN(c2cc(-c3ccccc3)c(C(F)(F)F)nc2OS(=O)C(F)(F)F)CC1. The Bertz CT molecular complexity index is 1110. The molecule has 7 nitrogen and oxygen atoms in total. The molecule has 36 heavy (non-hydrogen) atoms. The van der Waals surface area contributed by atoms with Gasteiger partial charge in [-0.1, -0.05) is 30.3 Å². The molecule has 1 atom stereocenters. The zero-order valence-electron chi connectivity index (χ0n) is 19.4. The molecular weight excluding hydrogens is 516 g/mol. The molecule has 1 saturated heterocycles. The van der Waals surface area contributed by atoms with E-state index in [2.05, 4.69) is 9.17 Å². The zero-order valence-corrected chi connectivity index (χ0v) is 20.3. The van der Waals surface area contributed by atoms with Crippen LogP contribution in [0.4, 0.5) is 36.8 Å². The summed E-state index contributed by atoms with van der Waals surface area (Å²) in [6.45, 7) is 5.24. The lowest BCUT2D eigenvalue weighted by Gasteiger charge is -2.37. The first-order valence-corrected chi connectivity index (χ1v) is 11.7. The van der Waals surface area contributed by atoms with Crippen molar-refractivity contribution >= 4 is 22.9 Å². The summed E-state index contributed by atoms with van der Waals surface area (Å²) in [6, 6.07) is 8.38. The van der Waals surface area contributed by atoms with Gasteiger partial charge in [-0.15, -0.1) is 0 Å². The second-order valence-electron chi connectivity index (χ2n) is 8.79. The van der Waals surface area contributed by atoms with Gasteiger partial charge in [-0.25, -0.2) is 14.0 Å². The highest BCUT2D eigenvalue weighted by Gasteiger charge is 2.43. The molecular formula is C22H23F6N3O4S. The quantitative estimate of drug-likeness (QED) is 0.486. The van der Waals surface area contributed by atoms with Crippen molar-refractivity contribution in [3.63, 3.8) is 0 Å². The van der Waals surface area contributed by atoms with Crippen molar-refractivity contribution in [2.45, 2.75) is 38.1 Å². The van der Waals surface area contributed by atoms with E-state index in [1.807, 2.05) is 0 Å².